The van der Waals surface area contributed by atoms with Crippen LogP contribution in [-0.2, 0) is 6.42 Å². The van der Waals surface area contributed by atoms with E-state index in [0.717, 1.165) is 51.3 Å². The van der Waals surface area contributed by atoms with Crippen molar-refractivity contribution < 1.29 is 0 Å². The summed E-state index contributed by atoms with van der Waals surface area (Å²) in [6.07, 6.45) is 9.19. The van der Waals surface area contributed by atoms with E-state index in [9.17, 15) is 0 Å². The largest absolute Gasteiger partial charge is 0.355 e. The summed E-state index contributed by atoms with van der Waals surface area (Å²) in [5.41, 5.74) is 13.6. The summed E-state index contributed by atoms with van der Waals surface area (Å²) < 4.78 is 0. The van der Waals surface area contributed by atoms with E-state index < -0.39 is 0 Å². The molecule has 0 atom stereocenters. The lowest BCUT2D eigenvalue weighted by atomic mass is 10.1. The molecule has 0 fully saturated rings. The van der Waals surface area contributed by atoms with E-state index in [-0.39, 0.29) is 16.3 Å². The Bertz CT molecular complexity index is 1680. The minimum Gasteiger partial charge on any atom is -0.355 e. The lowest BCUT2D eigenvalue weighted by Gasteiger charge is -1.98. The second kappa shape index (κ2) is 13.0. The number of aromatic amines is 2. The summed E-state index contributed by atoms with van der Waals surface area (Å²) in [7, 11) is 0. The Morgan fingerprint density at radius 2 is 0.829 bits per heavy atom. The molecular weight excluding hydrogens is 563 g/mol. The first-order chi connectivity index (χ1) is 19.7. The third-order valence-electron chi connectivity index (χ3n) is 6.75. The predicted octanol–water partition coefficient (Wildman–Crippen LogP) is 7.88. The van der Waals surface area contributed by atoms with Gasteiger partial charge in [-0.25, -0.2) is 9.97 Å². The van der Waals surface area contributed by atoms with Gasteiger partial charge in [0.05, 0.1) is 28.1 Å². The molecule has 0 spiro atoms. The summed E-state index contributed by atoms with van der Waals surface area (Å²) in [6.45, 7) is 0. The second-order valence-electron chi connectivity index (χ2n) is 9.50. The van der Waals surface area contributed by atoms with Crippen LogP contribution in [0, 0.1) is 0 Å². The normalized spacial score (nSPS) is 11.8. The van der Waals surface area contributed by atoms with Crippen molar-refractivity contribution in [1.82, 2.24) is 19.9 Å². The Hall–Kier alpha value is -4.16. The third-order valence-corrected chi connectivity index (χ3v) is 6.75. The van der Waals surface area contributed by atoms with Crippen LogP contribution < -0.4 is 0 Å². The van der Waals surface area contributed by atoms with Crippen LogP contribution in [0.1, 0.15) is 33.9 Å². The van der Waals surface area contributed by atoms with Crippen molar-refractivity contribution >= 4 is 80.5 Å². The molecule has 0 unspecified atom stereocenters. The minimum atomic E-state index is 0. The van der Waals surface area contributed by atoms with Gasteiger partial charge in [0.25, 0.3) is 0 Å². The highest BCUT2D eigenvalue weighted by Gasteiger charge is 2.15. The molecule has 1 aliphatic carbocycles. The molecule has 0 saturated carbocycles. The summed E-state index contributed by atoms with van der Waals surface area (Å²) >= 11 is 9.53. The van der Waals surface area contributed by atoms with Gasteiger partial charge < -0.3 is 9.97 Å². The highest BCUT2D eigenvalue weighted by Crippen LogP contribution is 2.35. The minimum absolute atomic E-state index is 0. The average molecular weight is 594 g/mol. The van der Waals surface area contributed by atoms with Crippen molar-refractivity contribution in [3.63, 3.8) is 0 Å². The highest BCUT2D eigenvalue weighted by molar-refractivity contribution is 6.40. The molecule has 5 heterocycles. The van der Waals surface area contributed by atoms with Gasteiger partial charge >= 0.3 is 0 Å². The van der Waals surface area contributed by atoms with Gasteiger partial charge in [0.15, 0.2) is 0 Å². The maximum atomic E-state index is 4.76. The van der Waals surface area contributed by atoms with Crippen molar-refractivity contribution in [3.8, 4) is 11.1 Å². The van der Waals surface area contributed by atoms with Crippen molar-refractivity contribution in [2.24, 2.45) is 0 Å². The van der Waals surface area contributed by atoms with E-state index in [1.165, 1.54) is 22.3 Å². The van der Waals surface area contributed by atoms with E-state index in [4.69, 9.17) is 23.2 Å². The van der Waals surface area contributed by atoms with Crippen LogP contribution in [0.5, 0.6) is 0 Å². The maximum Gasteiger partial charge on any atom is 0.0967 e. The molecule has 7 heteroatoms. The van der Waals surface area contributed by atoms with Crippen LogP contribution in [0.3, 0.4) is 0 Å². The quantitative estimate of drug-likeness (QED) is 0.139. The van der Waals surface area contributed by atoms with E-state index in [0.29, 0.717) is 0 Å². The number of hydrogen-bond acceptors (Lipinski definition) is 2. The Kier molecular flexibility index (Phi) is 9.00. The molecule has 3 aromatic heterocycles. The van der Waals surface area contributed by atoms with Gasteiger partial charge in [0.1, 0.15) is 0 Å². The molecule has 0 radical (unpaired) electrons. The van der Waals surface area contributed by atoms with E-state index in [1.807, 2.05) is 48.6 Å². The fourth-order valence-corrected chi connectivity index (χ4v) is 5.02. The number of hydrogen-bond donors (Lipinski definition) is 2. The van der Waals surface area contributed by atoms with Gasteiger partial charge in [-0.3, -0.25) is 0 Å². The number of benzene rings is 2. The number of alkyl halides is 2. The first-order valence-electron chi connectivity index (χ1n) is 13.0. The Morgan fingerprint density at radius 1 is 0.512 bits per heavy atom. The number of nitrogens with zero attached hydrogens (tertiary/aromatic N) is 2. The number of nitrogens with one attached hydrogen (secondary N) is 2. The molecule has 41 heavy (non-hydrogen) atoms. The van der Waals surface area contributed by atoms with Gasteiger partial charge in [-0.15, -0.1) is 23.2 Å². The lowest BCUT2D eigenvalue weighted by Crippen LogP contribution is -1.77. The van der Waals surface area contributed by atoms with Gasteiger partial charge in [0.2, 0.25) is 0 Å². The number of rotatable bonds is 0. The second-order valence-corrected chi connectivity index (χ2v) is 10.3. The molecule has 2 aromatic carbocycles. The SMILES string of the molecule is C1=Cc2cc3ccc(cc4nc(cc5ccc(cc1n2)[nH]5)C=C4)[nH]3.ClCCl.[SiH4].c1ccc2c(c1)Cc1ccccc1-2. The standard InChI is InChI=1S/C20H14N4.C13H10.CH2Cl2.H4Si/c1-2-14-10-16-5-6-18(23-16)12-20-8-7-19(24-20)11-17-4-3-15(22-17)9-13(1)21-14;1-3-7-12-10(5-1)9-11-6-2-4-8-13(11)12;2-1-3;/h1-12,21,24H;1-8H,9H2;1H2;1H4. The Labute approximate surface area is 253 Å². The van der Waals surface area contributed by atoms with Gasteiger partial charge in [-0.05, 0) is 112 Å². The Balaban J connectivity index is 0.000000168. The number of fused-ring (bicyclic) bond motifs is 11. The van der Waals surface area contributed by atoms with Crippen molar-refractivity contribution in [2.75, 3.05) is 5.34 Å². The smallest absolute Gasteiger partial charge is 0.0967 e. The van der Waals surface area contributed by atoms with Crippen molar-refractivity contribution in [3.05, 3.63) is 131 Å². The van der Waals surface area contributed by atoms with Crippen LogP contribution in [-0.4, -0.2) is 36.2 Å². The van der Waals surface area contributed by atoms with Crippen molar-refractivity contribution in [2.45, 2.75) is 6.42 Å². The first-order valence-corrected chi connectivity index (χ1v) is 14.1. The zero-order valence-corrected chi connectivity index (χ0v) is 23.1. The number of halogens is 2. The zero-order valence-electron chi connectivity index (χ0n) is 21.6. The molecule has 3 aliphatic rings. The molecular formula is C34H30Cl2N4Si. The van der Waals surface area contributed by atoms with E-state index in [2.05, 4.69) is 92.7 Å². The Morgan fingerprint density at radius 3 is 1.17 bits per heavy atom. The average Bonchev–Trinajstić information content (AvgIpc) is 3.79. The molecule has 2 aliphatic heterocycles. The van der Waals surface area contributed by atoms with Crippen LogP contribution in [0.2, 0.25) is 0 Å². The molecule has 5 aromatic rings. The van der Waals surface area contributed by atoms with E-state index in [1.54, 1.807) is 0 Å². The molecule has 8 bridgehead atoms. The third kappa shape index (κ3) is 6.77. The molecule has 0 amide bonds. The molecule has 204 valence electrons. The predicted molar refractivity (Wildman–Crippen MR) is 181 cm³/mol. The highest BCUT2D eigenvalue weighted by atomic mass is 35.5. The zero-order chi connectivity index (χ0) is 27.3. The van der Waals surface area contributed by atoms with Crippen LogP contribution >= 0.6 is 23.2 Å². The van der Waals surface area contributed by atoms with Gasteiger partial charge in [-0.1, -0.05) is 48.5 Å². The summed E-state index contributed by atoms with van der Waals surface area (Å²) in [5, 5.41) is 0.194. The van der Waals surface area contributed by atoms with Gasteiger partial charge in [0, 0.05) is 22.1 Å². The lowest BCUT2D eigenvalue weighted by molar-refractivity contribution is 1.26. The van der Waals surface area contributed by atoms with E-state index >= 15 is 0 Å². The number of aromatic nitrogens is 4. The maximum absolute atomic E-state index is 4.76. The fraction of sp³-hybridized carbons (Fsp3) is 0.0588. The first kappa shape index (κ1) is 28.4. The van der Waals surface area contributed by atoms with Gasteiger partial charge in [-0.2, -0.15) is 0 Å². The van der Waals surface area contributed by atoms with Crippen LogP contribution in [0.15, 0.2) is 97.1 Å². The summed E-state index contributed by atoms with van der Waals surface area (Å²) in [5.74, 6) is 0. The van der Waals surface area contributed by atoms with Crippen LogP contribution in [0.25, 0.3) is 57.5 Å². The number of H-pyrrole nitrogens is 2. The monoisotopic (exact) mass is 592 g/mol. The molecule has 4 nitrogen and oxygen atoms in total. The van der Waals surface area contributed by atoms with Crippen LogP contribution in [0.4, 0.5) is 0 Å². The topological polar surface area (TPSA) is 57.4 Å². The summed E-state index contributed by atoms with van der Waals surface area (Å²) in [4.78, 5) is 16.0. The van der Waals surface area contributed by atoms with Crippen molar-refractivity contribution in [1.29, 1.82) is 0 Å². The summed E-state index contributed by atoms with van der Waals surface area (Å²) in [6, 6.07) is 33.7. The fourth-order valence-electron chi connectivity index (χ4n) is 5.02. The molecule has 8 rings (SSSR count). The molecule has 2 N–H and O–H groups in total. The molecule has 0 saturated heterocycles.